The molecule has 2 aromatic rings. The van der Waals surface area contributed by atoms with Gasteiger partial charge in [-0.1, -0.05) is 24.3 Å². The van der Waals surface area contributed by atoms with Crippen molar-refractivity contribution in [1.29, 1.82) is 0 Å². The quantitative estimate of drug-likeness (QED) is 0.851. The number of aryl methyl sites for hydroxylation is 1. The second-order valence-corrected chi connectivity index (χ2v) is 6.84. The standard InChI is InChI=1S/C20H19NO3/c22-19(21-11-3-5-14-4-1-2-6-16(14)21)20(9-10-20)15-7-8-17-18(12-15)24-13-23-17/h1-2,4,6-8,12H,3,5,9-11,13H2. The van der Waals surface area contributed by atoms with Crippen LogP contribution in [0.1, 0.15) is 30.4 Å². The van der Waals surface area contributed by atoms with Crippen LogP contribution in [0.4, 0.5) is 5.69 Å². The number of carbonyl (C=O) groups is 1. The van der Waals surface area contributed by atoms with Crippen LogP contribution in [0.2, 0.25) is 0 Å². The van der Waals surface area contributed by atoms with E-state index in [9.17, 15) is 4.79 Å². The molecule has 1 fully saturated rings. The number of para-hydroxylation sites is 1. The van der Waals surface area contributed by atoms with Crippen molar-refractivity contribution in [2.75, 3.05) is 18.2 Å². The molecule has 4 heteroatoms. The third-order valence-corrected chi connectivity index (χ3v) is 5.44. The minimum atomic E-state index is -0.384. The van der Waals surface area contributed by atoms with Gasteiger partial charge in [-0.3, -0.25) is 4.79 Å². The van der Waals surface area contributed by atoms with Crippen LogP contribution in [0.25, 0.3) is 0 Å². The molecule has 1 amide bonds. The molecule has 4 nitrogen and oxygen atoms in total. The summed E-state index contributed by atoms with van der Waals surface area (Å²) >= 11 is 0. The monoisotopic (exact) mass is 321 g/mol. The van der Waals surface area contributed by atoms with E-state index in [1.807, 2.05) is 29.2 Å². The Morgan fingerprint density at radius 1 is 1.04 bits per heavy atom. The number of amides is 1. The van der Waals surface area contributed by atoms with Crippen LogP contribution in [0, 0.1) is 0 Å². The highest BCUT2D eigenvalue weighted by atomic mass is 16.7. The van der Waals surface area contributed by atoms with Gasteiger partial charge in [-0.05, 0) is 55.0 Å². The molecular formula is C20H19NO3. The fourth-order valence-corrected chi connectivity index (χ4v) is 3.95. The molecule has 1 saturated carbocycles. The van der Waals surface area contributed by atoms with E-state index in [-0.39, 0.29) is 18.1 Å². The van der Waals surface area contributed by atoms with Gasteiger partial charge in [0.15, 0.2) is 11.5 Å². The summed E-state index contributed by atoms with van der Waals surface area (Å²) in [5.41, 5.74) is 3.03. The topological polar surface area (TPSA) is 38.8 Å². The zero-order valence-corrected chi connectivity index (χ0v) is 13.5. The Labute approximate surface area is 141 Å². The normalized spacial score (nSPS) is 19.8. The minimum Gasteiger partial charge on any atom is -0.454 e. The molecule has 2 aromatic carbocycles. The van der Waals surface area contributed by atoms with E-state index in [1.54, 1.807) is 0 Å². The van der Waals surface area contributed by atoms with E-state index < -0.39 is 0 Å². The van der Waals surface area contributed by atoms with Gasteiger partial charge < -0.3 is 14.4 Å². The summed E-state index contributed by atoms with van der Waals surface area (Å²) in [5.74, 6) is 1.75. The fraction of sp³-hybridized carbons (Fsp3) is 0.350. The largest absolute Gasteiger partial charge is 0.454 e. The molecule has 0 saturated heterocycles. The summed E-state index contributed by atoms with van der Waals surface area (Å²) in [6.45, 7) is 1.07. The van der Waals surface area contributed by atoms with Crippen LogP contribution in [-0.2, 0) is 16.6 Å². The maximum absolute atomic E-state index is 13.4. The van der Waals surface area contributed by atoms with E-state index >= 15 is 0 Å². The minimum absolute atomic E-state index is 0.230. The Balaban J connectivity index is 1.51. The molecule has 1 aliphatic carbocycles. The number of benzene rings is 2. The average Bonchev–Trinajstić information content (AvgIpc) is 3.31. The van der Waals surface area contributed by atoms with Crippen LogP contribution in [0.15, 0.2) is 42.5 Å². The predicted octanol–water partition coefficient (Wildman–Crippen LogP) is 3.43. The maximum Gasteiger partial charge on any atom is 0.237 e. The van der Waals surface area contributed by atoms with Crippen LogP contribution in [-0.4, -0.2) is 19.2 Å². The Kier molecular flexibility index (Phi) is 2.90. The van der Waals surface area contributed by atoms with Crippen molar-refractivity contribution < 1.29 is 14.3 Å². The van der Waals surface area contributed by atoms with Crippen molar-refractivity contribution in [2.45, 2.75) is 31.1 Å². The van der Waals surface area contributed by atoms with Gasteiger partial charge in [0.2, 0.25) is 12.7 Å². The first kappa shape index (κ1) is 13.9. The second kappa shape index (κ2) is 5.00. The fourth-order valence-electron chi connectivity index (χ4n) is 3.95. The van der Waals surface area contributed by atoms with Gasteiger partial charge in [0.25, 0.3) is 0 Å². The van der Waals surface area contributed by atoms with Gasteiger partial charge in [0.05, 0.1) is 5.41 Å². The lowest BCUT2D eigenvalue weighted by Gasteiger charge is -2.32. The highest BCUT2D eigenvalue weighted by molar-refractivity contribution is 6.04. The molecule has 0 unspecified atom stereocenters. The Hall–Kier alpha value is -2.49. The van der Waals surface area contributed by atoms with Crippen molar-refractivity contribution in [1.82, 2.24) is 0 Å². The van der Waals surface area contributed by atoms with Gasteiger partial charge in [0.1, 0.15) is 0 Å². The molecule has 0 bridgehead atoms. The molecule has 0 radical (unpaired) electrons. The first-order valence-electron chi connectivity index (χ1n) is 8.58. The first-order chi connectivity index (χ1) is 11.8. The van der Waals surface area contributed by atoms with Crippen molar-refractivity contribution >= 4 is 11.6 Å². The number of anilines is 1. The van der Waals surface area contributed by atoms with E-state index in [0.29, 0.717) is 0 Å². The number of hydrogen-bond acceptors (Lipinski definition) is 3. The number of ether oxygens (including phenoxy) is 2. The van der Waals surface area contributed by atoms with E-state index in [1.165, 1.54) is 5.56 Å². The molecule has 0 atom stereocenters. The lowest BCUT2D eigenvalue weighted by Crippen LogP contribution is -2.42. The molecule has 5 rings (SSSR count). The highest BCUT2D eigenvalue weighted by Crippen LogP contribution is 2.52. The number of fused-ring (bicyclic) bond motifs is 2. The van der Waals surface area contributed by atoms with E-state index in [2.05, 4.69) is 18.2 Å². The van der Waals surface area contributed by atoms with Crippen molar-refractivity contribution in [2.24, 2.45) is 0 Å². The third kappa shape index (κ3) is 1.95. The predicted molar refractivity (Wildman–Crippen MR) is 90.6 cm³/mol. The van der Waals surface area contributed by atoms with Gasteiger partial charge in [-0.2, -0.15) is 0 Å². The lowest BCUT2D eigenvalue weighted by atomic mass is 9.92. The molecular weight excluding hydrogens is 302 g/mol. The number of nitrogens with zero attached hydrogens (tertiary/aromatic N) is 1. The van der Waals surface area contributed by atoms with Gasteiger partial charge in [-0.15, -0.1) is 0 Å². The van der Waals surface area contributed by atoms with Crippen molar-refractivity contribution in [3.8, 4) is 11.5 Å². The Bertz CT molecular complexity index is 825. The van der Waals surface area contributed by atoms with Crippen LogP contribution in [0.3, 0.4) is 0 Å². The zero-order chi connectivity index (χ0) is 16.1. The molecule has 2 aliphatic heterocycles. The Morgan fingerprint density at radius 2 is 1.88 bits per heavy atom. The molecule has 3 aliphatic rings. The van der Waals surface area contributed by atoms with E-state index in [0.717, 1.165) is 55.0 Å². The summed E-state index contributed by atoms with van der Waals surface area (Å²) in [5, 5.41) is 0. The van der Waals surface area contributed by atoms with Crippen LogP contribution >= 0.6 is 0 Å². The number of carbonyl (C=O) groups excluding carboxylic acids is 1. The summed E-state index contributed by atoms with van der Waals surface area (Å²) in [6.07, 6.45) is 3.89. The summed E-state index contributed by atoms with van der Waals surface area (Å²) < 4.78 is 10.9. The zero-order valence-electron chi connectivity index (χ0n) is 13.5. The van der Waals surface area contributed by atoms with Crippen LogP contribution < -0.4 is 14.4 Å². The number of hydrogen-bond donors (Lipinski definition) is 0. The molecule has 122 valence electrons. The Morgan fingerprint density at radius 3 is 2.75 bits per heavy atom. The smallest absolute Gasteiger partial charge is 0.237 e. The molecule has 0 aromatic heterocycles. The van der Waals surface area contributed by atoms with E-state index in [4.69, 9.17) is 9.47 Å². The molecule has 0 N–H and O–H groups in total. The molecule has 0 spiro atoms. The van der Waals surface area contributed by atoms with Gasteiger partial charge in [0, 0.05) is 12.2 Å². The molecule has 24 heavy (non-hydrogen) atoms. The highest BCUT2D eigenvalue weighted by Gasteiger charge is 2.54. The summed E-state index contributed by atoms with van der Waals surface area (Å²) in [6, 6.07) is 14.2. The summed E-state index contributed by atoms with van der Waals surface area (Å²) in [4.78, 5) is 15.4. The molecule has 2 heterocycles. The third-order valence-electron chi connectivity index (χ3n) is 5.44. The average molecular weight is 321 g/mol. The first-order valence-corrected chi connectivity index (χ1v) is 8.58. The van der Waals surface area contributed by atoms with Crippen molar-refractivity contribution in [3.63, 3.8) is 0 Å². The second-order valence-electron chi connectivity index (χ2n) is 6.84. The van der Waals surface area contributed by atoms with Crippen LogP contribution in [0.5, 0.6) is 11.5 Å². The maximum atomic E-state index is 13.4. The lowest BCUT2D eigenvalue weighted by molar-refractivity contribution is -0.121. The van der Waals surface area contributed by atoms with Gasteiger partial charge in [-0.25, -0.2) is 0 Å². The van der Waals surface area contributed by atoms with Gasteiger partial charge >= 0.3 is 0 Å². The van der Waals surface area contributed by atoms with Crippen molar-refractivity contribution in [3.05, 3.63) is 53.6 Å². The summed E-state index contributed by atoms with van der Waals surface area (Å²) in [7, 11) is 0. The SMILES string of the molecule is O=C(N1CCCc2ccccc21)C1(c2ccc3c(c2)OCO3)CC1. The number of rotatable bonds is 2.